The van der Waals surface area contributed by atoms with Gasteiger partial charge in [-0.1, -0.05) is 0 Å². The van der Waals surface area contributed by atoms with Crippen LogP contribution in [0.15, 0.2) is 18.2 Å². The molecule has 0 aliphatic carbocycles. The van der Waals surface area contributed by atoms with Gasteiger partial charge in [-0.05, 0) is 30.7 Å². The van der Waals surface area contributed by atoms with Gasteiger partial charge in [0.05, 0.1) is 6.54 Å². The maximum absolute atomic E-state index is 11.9. The Morgan fingerprint density at radius 3 is 2.33 bits per heavy atom. The van der Waals surface area contributed by atoms with E-state index < -0.39 is 31.2 Å². The molecule has 132 valence electrons. The van der Waals surface area contributed by atoms with Crippen molar-refractivity contribution in [3.05, 3.63) is 29.3 Å². The summed E-state index contributed by atoms with van der Waals surface area (Å²) >= 11 is 0. The lowest BCUT2D eigenvalue weighted by atomic mass is 10.1. The summed E-state index contributed by atoms with van der Waals surface area (Å²) in [5.74, 6) is -1.25. The highest BCUT2D eigenvalue weighted by molar-refractivity contribution is 5.96. The fraction of sp³-hybridized carbons (Fsp3) is 0.357. The van der Waals surface area contributed by atoms with Crippen LogP contribution in [0.25, 0.3) is 0 Å². The maximum atomic E-state index is 11.9. The first-order valence-electron chi connectivity index (χ1n) is 6.83. The molecule has 1 rings (SSSR count). The molecular weight excluding hydrogens is 329 g/mol. The normalized spacial score (nSPS) is 10.7. The summed E-state index contributed by atoms with van der Waals surface area (Å²) in [4.78, 5) is 34.3. The van der Waals surface area contributed by atoms with Crippen molar-refractivity contribution >= 4 is 23.5 Å². The Bertz CT molecular complexity index is 632. The molecule has 0 radical (unpaired) electrons. The molecule has 0 aromatic heterocycles. The highest BCUT2D eigenvalue weighted by atomic mass is 19.4. The fourth-order valence-corrected chi connectivity index (χ4v) is 1.68. The Labute approximate surface area is 136 Å². The van der Waals surface area contributed by atoms with Crippen LogP contribution in [0.1, 0.15) is 15.9 Å². The van der Waals surface area contributed by atoms with Gasteiger partial charge in [-0.2, -0.15) is 13.2 Å². The SMILES string of the molecule is CNC(=O)c1ccc(NC(=O)NCC(=O)NCC(F)(F)F)c(C)c1. The van der Waals surface area contributed by atoms with Gasteiger partial charge >= 0.3 is 12.2 Å². The standard InChI is InChI=1S/C14H17F3N4O3/c1-8-5-9(12(23)18-2)3-4-10(8)21-13(24)19-6-11(22)20-7-14(15,16)17/h3-5H,6-7H2,1-2H3,(H,18,23)(H,20,22)(H2,19,21,24). The highest BCUT2D eigenvalue weighted by Crippen LogP contribution is 2.16. The third kappa shape index (κ3) is 6.55. The zero-order valence-electron chi connectivity index (χ0n) is 13.0. The van der Waals surface area contributed by atoms with Crippen molar-refractivity contribution in [2.24, 2.45) is 0 Å². The van der Waals surface area contributed by atoms with E-state index in [-0.39, 0.29) is 5.91 Å². The van der Waals surface area contributed by atoms with Crippen molar-refractivity contribution < 1.29 is 27.6 Å². The van der Waals surface area contributed by atoms with Gasteiger partial charge in [0.1, 0.15) is 6.54 Å². The van der Waals surface area contributed by atoms with Crippen molar-refractivity contribution in [2.45, 2.75) is 13.1 Å². The summed E-state index contributed by atoms with van der Waals surface area (Å²) < 4.78 is 35.8. The van der Waals surface area contributed by atoms with Gasteiger partial charge in [-0.25, -0.2) is 4.79 Å². The number of rotatable bonds is 5. The Kier molecular flexibility index (Phi) is 6.57. The third-order valence-corrected chi connectivity index (χ3v) is 2.86. The van der Waals surface area contributed by atoms with E-state index in [2.05, 4.69) is 16.0 Å². The van der Waals surface area contributed by atoms with Crippen molar-refractivity contribution in [3.63, 3.8) is 0 Å². The molecular formula is C14H17F3N4O3. The molecule has 0 heterocycles. The minimum absolute atomic E-state index is 0.282. The lowest BCUT2D eigenvalue weighted by Gasteiger charge is -2.12. The molecule has 0 bridgehead atoms. The molecule has 0 atom stereocenters. The number of urea groups is 1. The molecule has 10 heteroatoms. The Morgan fingerprint density at radius 2 is 1.79 bits per heavy atom. The van der Waals surface area contributed by atoms with E-state index in [1.54, 1.807) is 18.3 Å². The number of aryl methyl sites for hydroxylation is 1. The monoisotopic (exact) mass is 346 g/mol. The number of amides is 4. The number of anilines is 1. The number of benzene rings is 1. The number of carbonyl (C=O) groups is 3. The van der Waals surface area contributed by atoms with Gasteiger partial charge < -0.3 is 21.3 Å². The van der Waals surface area contributed by atoms with Gasteiger partial charge in [0.15, 0.2) is 0 Å². The zero-order chi connectivity index (χ0) is 18.3. The predicted octanol–water partition coefficient (Wildman–Crippen LogP) is 1.15. The minimum Gasteiger partial charge on any atom is -0.355 e. The van der Waals surface area contributed by atoms with Gasteiger partial charge in [-0.3, -0.25) is 9.59 Å². The van der Waals surface area contributed by atoms with Crippen LogP contribution in [0.4, 0.5) is 23.7 Å². The molecule has 1 aromatic carbocycles. The second-order valence-corrected chi connectivity index (χ2v) is 4.81. The lowest BCUT2D eigenvalue weighted by molar-refractivity contribution is -0.137. The molecule has 0 saturated heterocycles. The van der Waals surface area contributed by atoms with Crippen molar-refractivity contribution in [3.8, 4) is 0 Å². The molecule has 0 unspecified atom stereocenters. The third-order valence-electron chi connectivity index (χ3n) is 2.86. The largest absolute Gasteiger partial charge is 0.405 e. The van der Waals surface area contributed by atoms with Gasteiger partial charge in [0.2, 0.25) is 5.91 Å². The summed E-state index contributed by atoms with van der Waals surface area (Å²) in [5.41, 5.74) is 1.41. The van der Waals surface area contributed by atoms with Gasteiger partial charge in [0, 0.05) is 18.3 Å². The van der Waals surface area contributed by atoms with Crippen LogP contribution in [0.3, 0.4) is 0 Å². The average molecular weight is 346 g/mol. The van der Waals surface area contributed by atoms with Crippen molar-refractivity contribution in [1.82, 2.24) is 16.0 Å². The molecule has 0 fully saturated rings. The Balaban J connectivity index is 2.51. The number of carbonyl (C=O) groups excluding carboxylic acids is 3. The molecule has 4 amide bonds. The van der Waals surface area contributed by atoms with Crippen LogP contribution < -0.4 is 21.3 Å². The molecule has 4 N–H and O–H groups in total. The van der Waals surface area contributed by atoms with Gasteiger partial charge in [-0.15, -0.1) is 0 Å². The van der Waals surface area contributed by atoms with Crippen molar-refractivity contribution in [1.29, 1.82) is 0 Å². The molecule has 0 spiro atoms. The molecule has 7 nitrogen and oxygen atoms in total. The second kappa shape index (κ2) is 8.18. The summed E-state index contributed by atoms with van der Waals surface area (Å²) in [5, 5.41) is 8.66. The van der Waals surface area contributed by atoms with E-state index in [4.69, 9.17) is 0 Å². The van der Waals surface area contributed by atoms with Crippen LogP contribution in [0, 0.1) is 6.92 Å². The van der Waals surface area contributed by atoms with E-state index in [1.165, 1.54) is 19.2 Å². The van der Waals surface area contributed by atoms with Crippen LogP contribution in [0.2, 0.25) is 0 Å². The topological polar surface area (TPSA) is 99.3 Å². The molecule has 0 saturated carbocycles. The van der Waals surface area contributed by atoms with Crippen LogP contribution in [-0.2, 0) is 4.79 Å². The van der Waals surface area contributed by atoms with E-state index in [1.807, 2.05) is 0 Å². The zero-order valence-corrected chi connectivity index (χ0v) is 13.0. The molecule has 24 heavy (non-hydrogen) atoms. The first-order chi connectivity index (χ1) is 11.1. The first-order valence-corrected chi connectivity index (χ1v) is 6.83. The van der Waals surface area contributed by atoms with Crippen LogP contribution in [-0.4, -0.2) is 44.2 Å². The van der Waals surface area contributed by atoms with E-state index in [0.717, 1.165) is 0 Å². The number of hydrogen-bond donors (Lipinski definition) is 4. The van der Waals surface area contributed by atoms with Gasteiger partial charge in [0.25, 0.3) is 5.91 Å². The maximum Gasteiger partial charge on any atom is 0.405 e. The Morgan fingerprint density at radius 1 is 1.12 bits per heavy atom. The average Bonchev–Trinajstić information content (AvgIpc) is 2.51. The van der Waals surface area contributed by atoms with E-state index in [0.29, 0.717) is 16.8 Å². The number of nitrogens with one attached hydrogen (secondary N) is 4. The number of halogens is 3. The van der Waals surface area contributed by atoms with Crippen LogP contribution in [0.5, 0.6) is 0 Å². The quantitative estimate of drug-likeness (QED) is 0.644. The summed E-state index contributed by atoms with van der Waals surface area (Å²) in [6.45, 7) is -0.398. The summed E-state index contributed by atoms with van der Waals surface area (Å²) in [6, 6.07) is 3.80. The minimum atomic E-state index is -4.51. The van der Waals surface area contributed by atoms with Crippen molar-refractivity contribution in [2.75, 3.05) is 25.5 Å². The Hall–Kier alpha value is -2.78. The lowest BCUT2D eigenvalue weighted by Crippen LogP contribution is -2.42. The number of alkyl halides is 3. The fourth-order valence-electron chi connectivity index (χ4n) is 1.68. The molecule has 1 aromatic rings. The predicted molar refractivity (Wildman–Crippen MR) is 80.7 cm³/mol. The summed E-state index contributed by atoms with van der Waals surface area (Å²) in [6.07, 6.45) is -4.51. The highest BCUT2D eigenvalue weighted by Gasteiger charge is 2.27. The molecule has 0 aliphatic rings. The smallest absolute Gasteiger partial charge is 0.355 e. The second-order valence-electron chi connectivity index (χ2n) is 4.81. The van der Waals surface area contributed by atoms with E-state index in [9.17, 15) is 27.6 Å². The summed E-state index contributed by atoms with van der Waals surface area (Å²) in [7, 11) is 1.49. The van der Waals surface area contributed by atoms with Crippen LogP contribution >= 0.6 is 0 Å². The first kappa shape index (κ1) is 19.3. The van der Waals surface area contributed by atoms with E-state index >= 15 is 0 Å². The number of hydrogen-bond acceptors (Lipinski definition) is 3. The molecule has 0 aliphatic heterocycles.